The van der Waals surface area contributed by atoms with E-state index in [0.717, 1.165) is 12.8 Å². The lowest BCUT2D eigenvalue weighted by Gasteiger charge is -2.31. The number of carbonyl (C=O) groups excluding carboxylic acids is 3. The molecule has 3 rings (SSSR count). The number of hydrogen-bond donors (Lipinski definition) is 2. The highest BCUT2D eigenvalue weighted by Crippen LogP contribution is 2.32. The maximum atomic E-state index is 12.6. The van der Waals surface area contributed by atoms with E-state index in [4.69, 9.17) is 11.6 Å². The molecule has 6 nitrogen and oxygen atoms in total. The molecule has 2 N–H and O–H groups in total. The van der Waals surface area contributed by atoms with E-state index in [0.29, 0.717) is 42.2 Å². The molecule has 1 aliphatic carbocycles. The third-order valence-corrected chi connectivity index (χ3v) is 5.05. The Hall–Kier alpha value is -2.08. The number of halogens is 1. The lowest BCUT2D eigenvalue weighted by Crippen LogP contribution is -2.42. The highest BCUT2D eigenvalue weighted by atomic mass is 35.5. The average Bonchev–Trinajstić information content (AvgIpc) is 3.47. The normalized spacial score (nSPS) is 17.9. The van der Waals surface area contributed by atoms with Crippen molar-refractivity contribution in [3.05, 3.63) is 28.8 Å². The number of nitrogens with one attached hydrogen (secondary N) is 2. The van der Waals surface area contributed by atoms with Gasteiger partial charge in [0.1, 0.15) is 0 Å². The van der Waals surface area contributed by atoms with Crippen molar-refractivity contribution in [1.82, 2.24) is 10.2 Å². The minimum atomic E-state index is -0.303. The number of carbonyl (C=O) groups is 3. The molecule has 0 aromatic heterocycles. The molecule has 134 valence electrons. The molecule has 25 heavy (non-hydrogen) atoms. The van der Waals surface area contributed by atoms with E-state index in [1.807, 2.05) is 4.90 Å². The highest BCUT2D eigenvalue weighted by Gasteiger charge is 2.36. The molecule has 1 aliphatic heterocycles. The number of nitrogens with zero attached hydrogens (tertiary/aromatic N) is 1. The van der Waals surface area contributed by atoms with Gasteiger partial charge in [-0.3, -0.25) is 14.4 Å². The Bertz CT molecular complexity index is 695. The van der Waals surface area contributed by atoms with Crippen LogP contribution in [0.25, 0.3) is 0 Å². The molecule has 1 aromatic rings. The van der Waals surface area contributed by atoms with Gasteiger partial charge in [0.15, 0.2) is 0 Å². The molecule has 1 saturated carbocycles. The minimum absolute atomic E-state index is 0.119. The fraction of sp³-hybridized carbons (Fsp3) is 0.500. The second-order valence-corrected chi connectivity index (χ2v) is 7.07. The molecule has 7 heteroatoms. The Morgan fingerprint density at radius 3 is 2.36 bits per heavy atom. The number of anilines is 1. The van der Waals surface area contributed by atoms with Crippen molar-refractivity contribution in [2.45, 2.75) is 25.7 Å². The second kappa shape index (κ2) is 7.44. The number of amides is 3. The van der Waals surface area contributed by atoms with Gasteiger partial charge in [-0.05, 0) is 43.9 Å². The van der Waals surface area contributed by atoms with Gasteiger partial charge in [-0.25, -0.2) is 0 Å². The van der Waals surface area contributed by atoms with Crippen LogP contribution in [-0.2, 0) is 9.59 Å². The SMILES string of the molecule is CNC(=O)c1cc(Cl)ccc1NC(=O)C1CCN(C(=O)C2CC2)CC1. The lowest BCUT2D eigenvalue weighted by atomic mass is 9.95. The predicted octanol–water partition coefficient (Wildman–Crippen LogP) is 2.29. The first-order valence-corrected chi connectivity index (χ1v) is 8.98. The summed E-state index contributed by atoms with van der Waals surface area (Å²) in [5.41, 5.74) is 0.787. The fourth-order valence-electron chi connectivity index (χ4n) is 3.13. The molecule has 1 heterocycles. The van der Waals surface area contributed by atoms with E-state index in [9.17, 15) is 14.4 Å². The number of likely N-dealkylation sites (tertiary alicyclic amines) is 1. The van der Waals surface area contributed by atoms with Crippen LogP contribution < -0.4 is 10.6 Å². The highest BCUT2D eigenvalue weighted by molar-refractivity contribution is 6.31. The first-order valence-electron chi connectivity index (χ1n) is 8.61. The van der Waals surface area contributed by atoms with Gasteiger partial charge in [0.05, 0.1) is 11.3 Å². The first kappa shape index (κ1) is 17.7. The fourth-order valence-corrected chi connectivity index (χ4v) is 3.31. The van der Waals surface area contributed by atoms with Crippen molar-refractivity contribution < 1.29 is 14.4 Å². The van der Waals surface area contributed by atoms with Gasteiger partial charge in [-0.15, -0.1) is 0 Å². The minimum Gasteiger partial charge on any atom is -0.355 e. The molecule has 0 radical (unpaired) electrons. The van der Waals surface area contributed by atoms with Crippen molar-refractivity contribution in [3.63, 3.8) is 0 Å². The summed E-state index contributed by atoms with van der Waals surface area (Å²) in [7, 11) is 1.53. The third kappa shape index (κ3) is 4.12. The summed E-state index contributed by atoms with van der Waals surface area (Å²) in [5, 5.41) is 5.82. The maximum Gasteiger partial charge on any atom is 0.253 e. The molecule has 2 aliphatic rings. The van der Waals surface area contributed by atoms with Crippen molar-refractivity contribution in [2.24, 2.45) is 11.8 Å². The molecule has 0 bridgehead atoms. The number of piperidine rings is 1. The van der Waals surface area contributed by atoms with Crippen LogP contribution in [0.1, 0.15) is 36.0 Å². The van der Waals surface area contributed by atoms with Gasteiger partial charge in [-0.1, -0.05) is 11.6 Å². The zero-order valence-corrected chi connectivity index (χ0v) is 14.9. The van der Waals surface area contributed by atoms with Gasteiger partial charge in [-0.2, -0.15) is 0 Å². The molecular formula is C18H22ClN3O3. The molecule has 0 unspecified atom stereocenters. The van der Waals surface area contributed by atoms with Gasteiger partial charge >= 0.3 is 0 Å². The molecule has 0 spiro atoms. The largest absolute Gasteiger partial charge is 0.355 e. The monoisotopic (exact) mass is 363 g/mol. The van der Waals surface area contributed by atoms with Crippen LogP contribution in [0.4, 0.5) is 5.69 Å². The Balaban J connectivity index is 1.61. The topological polar surface area (TPSA) is 78.5 Å². The predicted molar refractivity (Wildman–Crippen MR) is 95.5 cm³/mol. The summed E-state index contributed by atoms with van der Waals surface area (Å²) in [6.07, 6.45) is 3.29. The van der Waals surface area contributed by atoms with Crippen molar-refractivity contribution in [3.8, 4) is 0 Å². The van der Waals surface area contributed by atoms with Crippen LogP contribution in [0.5, 0.6) is 0 Å². The number of benzene rings is 1. The summed E-state index contributed by atoms with van der Waals surface area (Å²) in [4.78, 5) is 38.5. The van der Waals surface area contributed by atoms with E-state index in [1.165, 1.54) is 13.1 Å². The average molecular weight is 364 g/mol. The molecule has 3 amide bonds. The summed E-state index contributed by atoms with van der Waals surface area (Å²) in [5.74, 6) is -0.127. The Morgan fingerprint density at radius 2 is 1.76 bits per heavy atom. The molecule has 1 saturated heterocycles. The maximum absolute atomic E-state index is 12.6. The zero-order chi connectivity index (χ0) is 18.0. The van der Waals surface area contributed by atoms with Gasteiger partial charge in [0.25, 0.3) is 5.91 Å². The van der Waals surface area contributed by atoms with Crippen molar-refractivity contribution in [2.75, 3.05) is 25.5 Å². The number of hydrogen-bond acceptors (Lipinski definition) is 3. The van der Waals surface area contributed by atoms with E-state index in [1.54, 1.807) is 12.1 Å². The third-order valence-electron chi connectivity index (χ3n) is 4.82. The molecule has 1 aromatic carbocycles. The van der Waals surface area contributed by atoms with E-state index >= 15 is 0 Å². The van der Waals surface area contributed by atoms with Crippen LogP contribution in [0.2, 0.25) is 5.02 Å². The summed E-state index contributed by atoms with van der Waals surface area (Å²) < 4.78 is 0. The lowest BCUT2D eigenvalue weighted by molar-refractivity contribution is -0.135. The van der Waals surface area contributed by atoms with Crippen molar-refractivity contribution >= 4 is 35.0 Å². The second-order valence-electron chi connectivity index (χ2n) is 6.63. The van der Waals surface area contributed by atoms with Gasteiger partial charge in [0, 0.05) is 37.0 Å². The first-order chi connectivity index (χ1) is 12.0. The van der Waals surface area contributed by atoms with Crippen LogP contribution in [-0.4, -0.2) is 42.8 Å². The molecule has 0 atom stereocenters. The van der Waals surface area contributed by atoms with E-state index in [2.05, 4.69) is 10.6 Å². The van der Waals surface area contributed by atoms with Crippen LogP contribution in [0.3, 0.4) is 0 Å². The van der Waals surface area contributed by atoms with Crippen LogP contribution >= 0.6 is 11.6 Å². The standard InChI is InChI=1S/C18H22ClN3O3/c1-20-17(24)14-10-13(19)4-5-15(14)21-16(23)11-6-8-22(9-7-11)18(25)12-2-3-12/h4-5,10-12H,2-3,6-9H2,1H3,(H,20,24)(H,21,23). The Kier molecular flexibility index (Phi) is 5.27. The van der Waals surface area contributed by atoms with Crippen LogP contribution in [0, 0.1) is 11.8 Å². The van der Waals surface area contributed by atoms with Gasteiger partial charge < -0.3 is 15.5 Å². The van der Waals surface area contributed by atoms with E-state index in [-0.39, 0.29) is 29.6 Å². The summed E-state index contributed by atoms with van der Waals surface area (Å²) >= 11 is 5.95. The molecule has 2 fully saturated rings. The smallest absolute Gasteiger partial charge is 0.253 e. The van der Waals surface area contributed by atoms with Crippen molar-refractivity contribution in [1.29, 1.82) is 0 Å². The Labute approximate surface area is 151 Å². The summed E-state index contributed by atoms with van der Waals surface area (Å²) in [6, 6.07) is 4.81. The van der Waals surface area contributed by atoms with E-state index < -0.39 is 0 Å². The number of rotatable bonds is 4. The Morgan fingerprint density at radius 1 is 1.08 bits per heavy atom. The van der Waals surface area contributed by atoms with Gasteiger partial charge in [0.2, 0.25) is 11.8 Å². The van der Waals surface area contributed by atoms with Crippen LogP contribution in [0.15, 0.2) is 18.2 Å². The molecular weight excluding hydrogens is 342 g/mol. The quantitative estimate of drug-likeness (QED) is 0.861. The zero-order valence-electron chi connectivity index (χ0n) is 14.2. The summed E-state index contributed by atoms with van der Waals surface area (Å²) in [6.45, 7) is 1.24.